The van der Waals surface area contributed by atoms with Gasteiger partial charge in [0.15, 0.2) is 18.1 Å². The van der Waals surface area contributed by atoms with E-state index in [2.05, 4.69) is 20.2 Å². The van der Waals surface area contributed by atoms with E-state index >= 15 is 0 Å². The normalized spacial score (nSPS) is 12.2. The third-order valence-corrected chi connectivity index (χ3v) is 4.90. The number of hydrogen-bond donors (Lipinski definition) is 1. The van der Waals surface area contributed by atoms with Crippen LogP contribution in [0.5, 0.6) is 0 Å². The highest BCUT2D eigenvalue weighted by Gasteiger charge is 2.17. The van der Waals surface area contributed by atoms with Gasteiger partial charge in [0.2, 0.25) is 0 Å². The number of aliphatic hydroxyl groups excluding tert-OH is 1. The zero-order valence-corrected chi connectivity index (χ0v) is 16.1. The largest absolute Gasteiger partial charge is 0.395 e. The number of rotatable bonds is 6. The van der Waals surface area contributed by atoms with Gasteiger partial charge >= 0.3 is 0 Å². The van der Waals surface area contributed by atoms with Crippen molar-refractivity contribution >= 4 is 22.4 Å². The first-order chi connectivity index (χ1) is 13.6. The predicted molar refractivity (Wildman–Crippen MR) is 106 cm³/mol. The lowest BCUT2D eigenvalue weighted by atomic mass is 10.1. The molecule has 28 heavy (non-hydrogen) atoms. The van der Waals surface area contributed by atoms with Crippen LogP contribution >= 0.6 is 0 Å². The summed E-state index contributed by atoms with van der Waals surface area (Å²) in [6.07, 6.45) is 1.64. The third kappa shape index (κ3) is 3.11. The van der Waals surface area contributed by atoms with E-state index in [0.29, 0.717) is 12.4 Å². The molecule has 0 atom stereocenters. The van der Waals surface area contributed by atoms with Crippen LogP contribution in [-0.2, 0) is 18.0 Å². The van der Waals surface area contributed by atoms with Gasteiger partial charge in [0.1, 0.15) is 12.0 Å². The Morgan fingerprint density at radius 3 is 2.71 bits per heavy atom. The van der Waals surface area contributed by atoms with Crippen LogP contribution in [0.3, 0.4) is 0 Å². The molecule has 144 valence electrons. The lowest BCUT2D eigenvalue weighted by Crippen LogP contribution is -2.05. The molecule has 0 spiro atoms. The second kappa shape index (κ2) is 7.40. The summed E-state index contributed by atoms with van der Waals surface area (Å²) in [4.78, 5) is 14.6. The summed E-state index contributed by atoms with van der Waals surface area (Å²) >= 11 is 0. The number of aromatic nitrogens is 5. The molecule has 0 aliphatic carbocycles. The van der Waals surface area contributed by atoms with Crippen molar-refractivity contribution < 1.29 is 9.94 Å². The van der Waals surface area contributed by atoms with Crippen molar-refractivity contribution in [2.75, 3.05) is 6.61 Å². The topological polar surface area (TPSA) is 89.8 Å². The molecule has 0 aliphatic heterocycles. The lowest BCUT2D eigenvalue weighted by molar-refractivity contribution is 0.125. The zero-order valence-electron chi connectivity index (χ0n) is 16.1. The maximum atomic E-state index is 9.34. The SMILES string of the molecule is C/C(=N\OCc1nc2c3c(C)c(C)n(CCO)c3ncn2n1)c1ccccc1. The third-order valence-electron chi connectivity index (χ3n) is 4.90. The Morgan fingerprint density at radius 1 is 1.18 bits per heavy atom. The van der Waals surface area contributed by atoms with Crippen LogP contribution in [0.2, 0.25) is 0 Å². The van der Waals surface area contributed by atoms with E-state index in [-0.39, 0.29) is 13.2 Å². The van der Waals surface area contributed by atoms with Crippen LogP contribution in [0.25, 0.3) is 16.7 Å². The molecule has 8 nitrogen and oxygen atoms in total. The molecule has 0 aliphatic rings. The summed E-state index contributed by atoms with van der Waals surface area (Å²) in [7, 11) is 0. The van der Waals surface area contributed by atoms with Gasteiger partial charge in [-0.15, -0.1) is 5.10 Å². The molecular formula is C20H22N6O2. The molecule has 1 aromatic carbocycles. The van der Waals surface area contributed by atoms with Crippen LogP contribution in [-0.4, -0.2) is 41.6 Å². The molecule has 0 fully saturated rings. The molecule has 3 heterocycles. The van der Waals surface area contributed by atoms with Crippen molar-refractivity contribution in [1.82, 2.24) is 24.1 Å². The number of aliphatic hydroxyl groups is 1. The van der Waals surface area contributed by atoms with E-state index in [1.165, 1.54) is 0 Å². The van der Waals surface area contributed by atoms with Crippen LogP contribution in [0.1, 0.15) is 29.6 Å². The van der Waals surface area contributed by atoms with Crippen molar-refractivity contribution in [1.29, 1.82) is 0 Å². The minimum absolute atomic E-state index is 0.0570. The number of fused-ring (bicyclic) bond motifs is 3. The highest BCUT2D eigenvalue weighted by atomic mass is 16.6. The summed E-state index contributed by atoms with van der Waals surface area (Å²) in [6, 6.07) is 9.85. The first-order valence-electron chi connectivity index (χ1n) is 9.12. The van der Waals surface area contributed by atoms with Gasteiger partial charge in [-0.2, -0.15) is 0 Å². The van der Waals surface area contributed by atoms with Gasteiger partial charge in [-0.1, -0.05) is 35.5 Å². The van der Waals surface area contributed by atoms with E-state index in [4.69, 9.17) is 4.84 Å². The standard InChI is InChI=1S/C20H22N6O2/c1-13-15(3)25(9-10-27)19-18(13)20-22-17(23-26(20)12-21-19)11-28-24-14(2)16-7-5-4-6-8-16/h4-8,12,27H,9-11H2,1-3H3/b24-14+. The van der Waals surface area contributed by atoms with Gasteiger partial charge in [-0.05, 0) is 31.9 Å². The number of oxime groups is 1. The molecular weight excluding hydrogens is 356 g/mol. The monoisotopic (exact) mass is 378 g/mol. The number of hydrogen-bond acceptors (Lipinski definition) is 6. The van der Waals surface area contributed by atoms with Gasteiger partial charge < -0.3 is 14.5 Å². The molecule has 0 amide bonds. The average Bonchev–Trinajstić information content (AvgIpc) is 3.23. The van der Waals surface area contributed by atoms with Gasteiger partial charge in [0.05, 0.1) is 17.7 Å². The van der Waals surface area contributed by atoms with Gasteiger partial charge in [0.25, 0.3) is 0 Å². The van der Waals surface area contributed by atoms with Gasteiger partial charge in [0, 0.05) is 12.2 Å². The summed E-state index contributed by atoms with van der Waals surface area (Å²) in [6.45, 7) is 6.67. The molecule has 0 radical (unpaired) electrons. The Labute approximate surface area is 162 Å². The Balaban J connectivity index is 1.63. The fraction of sp³-hybridized carbons (Fsp3) is 0.300. The van der Waals surface area contributed by atoms with Crippen molar-refractivity contribution in [3.05, 3.63) is 59.3 Å². The molecule has 4 aromatic rings. The maximum Gasteiger partial charge on any atom is 0.192 e. The molecule has 0 bridgehead atoms. The first-order valence-corrected chi connectivity index (χ1v) is 9.12. The van der Waals surface area contributed by atoms with Gasteiger partial charge in [-0.25, -0.2) is 14.5 Å². The Bertz CT molecular complexity index is 1160. The lowest BCUT2D eigenvalue weighted by Gasteiger charge is -2.04. The van der Waals surface area contributed by atoms with Crippen LogP contribution in [0.4, 0.5) is 0 Å². The van der Waals surface area contributed by atoms with Crippen LogP contribution in [0.15, 0.2) is 41.8 Å². The molecule has 0 saturated carbocycles. The van der Waals surface area contributed by atoms with Crippen molar-refractivity contribution in [3.8, 4) is 0 Å². The number of nitrogens with zero attached hydrogens (tertiary/aromatic N) is 6. The quantitative estimate of drug-likeness (QED) is 0.411. The smallest absolute Gasteiger partial charge is 0.192 e. The summed E-state index contributed by atoms with van der Waals surface area (Å²) in [5, 5.41) is 18.9. The Kier molecular flexibility index (Phi) is 4.79. The highest BCUT2D eigenvalue weighted by molar-refractivity contribution is 5.98. The predicted octanol–water partition coefficient (Wildman–Crippen LogP) is 2.63. The second-order valence-electron chi connectivity index (χ2n) is 6.64. The zero-order chi connectivity index (χ0) is 19.7. The summed E-state index contributed by atoms with van der Waals surface area (Å²) in [5.74, 6) is 0.533. The van der Waals surface area contributed by atoms with E-state index in [0.717, 1.165) is 39.2 Å². The molecule has 0 unspecified atom stereocenters. The fourth-order valence-electron chi connectivity index (χ4n) is 3.33. The maximum absolute atomic E-state index is 9.34. The molecule has 8 heteroatoms. The van der Waals surface area contributed by atoms with E-state index in [1.807, 2.05) is 55.7 Å². The van der Waals surface area contributed by atoms with Crippen LogP contribution in [0, 0.1) is 13.8 Å². The molecule has 3 aromatic heterocycles. The summed E-state index contributed by atoms with van der Waals surface area (Å²) in [5.41, 5.74) is 5.47. The number of aryl methyl sites for hydroxylation is 1. The van der Waals surface area contributed by atoms with Gasteiger partial charge in [-0.3, -0.25) is 0 Å². The summed E-state index contributed by atoms with van der Waals surface area (Å²) < 4.78 is 3.66. The van der Waals surface area contributed by atoms with Crippen molar-refractivity contribution in [2.24, 2.45) is 5.16 Å². The Hall–Kier alpha value is -3.26. The number of benzene rings is 1. The fourth-order valence-corrected chi connectivity index (χ4v) is 3.33. The molecule has 0 saturated heterocycles. The minimum Gasteiger partial charge on any atom is -0.395 e. The van der Waals surface area contributed by atoms with E-state index in [9.17, 15) is 5.11 Å². The van der Waals surface area contributed by atoms with E-state index in [1.54, 1.807) is 10.8 Å². The molecule has 1 N–H and O–H groups in total. The Morgan fingerprint density at radius 2 is 1.96 bits per heavy atom. The molecule has 4 rings (SSSR count). The minimum atomic E-state index is 0.0570. The second-order valence-corrected chi connectivity index (χ2v) is 6.64. The average molecular weight is 378 g/mol. The highest BCUT2D eigenvalue weighted by Crippen LogP contribution is 2.26. The van der Waals surface area contributed by atoms with Crippen molar-refractivity contribution in [3.63, 3.8) is 0 Å². The van der Waals surface area contributed by atoms with E-state index < -0.39 is 0 Å². The van der Waals surface area contributed by atoms with Crippen molar-refractivity contribution in [2.45, 2.75) is 33.9 Å². The van der Waals surface area contributed by atoms with Crippen LogP contribution < -0.4 is 0 Å². The first kappa shape index (κ1) is 18.1.